The number of hydrogen-bond acceptors (Lipinski definition) is 8. The molecule has 14 heteroatoms. The van der Waals surface area contributed by atoms with Crippen LogP contribution in [0.2, 0.25) is 0 Å². The van der Waals surface area contributed by atoms with Gasteiger partial charge in [-0.05, 0) is 13.0 Å². The summed E-state index contributed by atoms with van der Waals surface area (Å²) in [7, 11) is 3.07. The number of halogens is 3. The number of piperazine rings is 1. The molecule has 1 unspecified atom stereocenters. The number of nitrogens with two attached hydrogens (primary N) is 1. The van der Waals surface area contributed by atoms with E-state index in [1.54, 1.807) is 26.1 Å². The van der Waals surface area contributed by atoms with Crippen LogP contribution in [0.25, 0.3) is 11.0 Å². The summed E-state index contributed by atoms with van der Waals surface area (Å²) in [5, 5.41) is 7.02. The third-order valence-electron chi connectivity index (χ3n) is 5.42. The van der Waals surface area contributed by atoms with Gasteiger partial charge in [-0.2, -0.15) is 28.2 Å². The zero-order valence-electron chi connectivity index (χ0n) is 18.1. The van der Waals surface area contributed by atoms with Crippen molar-refractivity contribution in [1.82, 2.24) is 29.6 Å². The lowest BCUT2D eigenvalue weighted by Crippen LogP contribution is -2.61. The summed E-state index contributed by atoms with van der Waals surface area (Å²) in [4.78, 5) is 27.3. The smallest absolute Gasteiger partial charge is 0.410 e. The Bertz CT molecular complexity index is 1200. The number of hydrogen-bond donors (Lipinski definition) is 2. The van der Waals surface area contributed by atoms with Crippen molar-refractivity contribution in [2.45, 2.75) is 19.1 Å². The van der Waals surface area contributed by atoms with Gasteiger partial charge in [-0.25, -0.2) is 9.78 Å². The Balaban J connectivity index is 1.60. The molecule has 4 heterocycles. The molecule has 0 bridgehead atoms. The molecule has 1 saturated heterocycles. The molecule has 0 aromatic carbocycles. The largest absolute Gasteiger partial charge is 0.481 e. The standard InChI is InChI=1S/C19H22F3N9O2/c1-10-12(4-5-14(25-10)33-3)26-18(32)30-6-7-31(13(9-30)19(20,21)22)16-11-8-24-29(2)15(11)27-17(23)28-16/h4-5,8,13H,6-7,9H2,1-3H3,(H,26,32)(H2,23,27,28). The van der Waals surface area contributed by atoms with Crippen molar-refractivity contribution in [2.75, 3.05) is 42.7 Å². The Kier molecular flexibility index (Phi) is 5.59. The molecule has 0 radical (unpaired) electrons. The number of carbonyl (C=O) groups excluding carboxylic acids is 1. The number of carbonyl (C=O) groups is 1. The van der Waals surface area contributed by atoms with Crippen molar-refractivity contribution in [3.05, 3.63) is 24.0 Å². The lowest BCUT2D eigenvalue weighted by atomic mass is 10.1. The Morgan fingerprint density at radius 2 is 2.00 bits per heavy atom. The number of pyridine rings is 1. The molecule has 176 valence electrons. The lowest BCUT2D eigenvalue weighted by molar-refractivity contribution is -0.154. The van der Waals surface area contributed by atoms with Gasteiger partial charge in [0.15, 0.2) is 5.65 Å². The molecular formula is C19H22F3N9O2. The Hall–Kier alpha value is -3.84. The summed E-state index contributed by atoms with van der Waals surface area (Å²) >= 11 is 0. The van der Waals surface area contributed by atoms with E-state index in [2.05, 4.69) is 25.4 Å². The van der Waals surface area contributed by atoms with Crippen molar-refractivity contribution < 1.29 is 22.7 Å². The zero-order chi connectivity index (χ0) is 23.9. The van der Waals surface area contributed by atoms with Crippen molar-refractivity contribution in [1.29, 1.82) is 0 Å². The molecule has 3 aromatic heterocycles. The molecular weight excluding hydrogens is 443 g/mol. The average molecular weight is 465 g/mol. The van der Waals surface area contributed by atoms with Crippen LogP contribution < -0.4 is 20.7 Å². The van der Waals surface area contributed by atoms with Gasteiger partial charge in [-0.3, -0.25) is 4.68 Å². The van der Waals surface area contributed by atoms with Crippen LogP contribution in [0.1, 0.15) is 5.69 Å². The second kappa shape index (κ2) is 8.26. The van der Waals surface area contributed by atoms with E-state index in [9.17, 15) is 18.0 Å². The summed E-state index contributed by atoms with van der Waals surface area (Å²) in [5.74, 6) is 0.231. The van der Waals surface area contributed by atoms with Gasteiger partial charge >= 0.3 is 12.2 Å². The van der Waals surface area contributed by atoms with Crippen molar-refractivity contribution in [3.8, 4) is 5.88 Å². The van der Waals surface area contributed by atoms with E-state index in [0.717, 1.165) is 9.80 Å². The third-order valence-corrected chi connectivity index (χ3v) is 5.42. The first-order valence-electron chi connectivity index (χ1n) is 9.94. The second-order valence-corrected chi connectivity index (χ2v) is 7.52. The molecule has 1 aliphatic rings. The number of ether oxygens (including phenoxy) is 1. The van der Waals surface area contributed by atoms with E-state index in [-0.39, 0.29) is 24.9 Å². The van der Waals surface area contributed by atoms with Crippen LogP contribution in [0.15, 0.2) is 18.3 Å². The fraction of sp³-hybridized carbons (Fsp3) is 0.421. The predicted octanol–water partition coefficient (Wildman–Crippen LogP) is 1.94. The van der Waals surface area contributed by atoms with E-state index in [0.29, 0.717) is 28.3 Å². The number of nitrogens with one attached hydrogen (secondary N) is 1. The van der Waals surface area contributed by atoms with Crippen LogP contribution in [0, 0.1) is 6.92 Å². The highest BCUT2D eigenvalue weighted by molar-refractivity contribution is 5.91. The number of nitrogens with zero attached hydrogens (tertiary/aromatic N) is 7. The van der Waals surface area contributed by atoms with E-state index in [1.807, 2.05) is 0 Å². The molecule has 1 fully saturated rings. The van der Waals surface area contributed by atoms with Crippen LogP contribution in [-0.2, 0) is 7.05 Å². The molecule has 3 aromatic rings. The van der Waals surface area contributed by atoms with Crippen LogP contribution >= 0.6 is 0 Å². The van der Waals surface area contributed by atoms with Crippen LogP contribution in [0.5, 0.6) is 5.88 Å². The Labute approximate surface area is 186 Å². The quantitative estimate of drug-likeness (QED) is 0.601. The molecule has 1 aliphatic heterocycles. The maximum Gasteiger partial charge on any atom is 0.410 e. The van der Waals surface area contributed by atoms with Crippen LogP contribution in [0.4, 0.5) is 35.4 Å². The summed E-state index contributed by atoms with van der Waals surface area (Å²) in [5.41, 5.74) is 6.93. The molecule has 3 N–H and O–H groups in total. The minimum absolute atomic E-state index is 0.0307. The molecule has 0 spiro atoms. The summed E-state index contributed by atoms with van der Waals surface area (Å²) in [6.07, 6.45) is -3.24. The van der Waals surface area contributed by atoms with Crippen LogP contribution in [-0.4, -0.2) is 74.6 Å². The van der Waals surface area contributed by atoms with Gasteiger partial charge in [0.1, 0.15) is 11.9 Å². The van der Waals surface area contributed by atoms with Crippen molar-refractivity contribution >= 4 is 34.5 Å². The number of aromatic nitrogens is 5. The fourth-order valence-corrected chi connectivity index (χ4v) is 3.72. The summed E-state index contributed by atoms with van der Waals surface area (Å²) < 4.78 is 48.7. The Morgan fingerprint density at radius 1 is 1.24 bits per heavy atom. The molecule has 4 rings (SSSR count). The van der Waals surface area contributed by atoms with Gasteiger partial charge in [0.25, 0.3) is 0 Å². The maximum atomic E-state index is 14.1. The molecule has 2 amide bonds. The molecule has 0 aliphatic carbocycles. The van der Waals surface area contributed by atoms with Gasteiger partial charge in [0, 0.05) is 26.2 Å². The fourth-order valence-electron chi connectivity index (χ4n) is 3.72. The molecule has 0 saturated carbocycles. The first-order valence-corrected chi connectivity index (χ1v) is 9.94. The third kappa shape index (κ3) is 4.27. The number of fused-ring (bicyclic) bond motifs is 1. The molecule has 1 atom stereocenters. The Morgan fingerprint density at radius 3 is 2.67 bits per heavy atom. The number of amides is 2. The monoisotopic (exact) mass is 465 g/mol. The number of methoxy groups -OCH3 is 1. The molecule has 33 heavy (non-hydrogen) atoms. The first-order chi connectivity index (χ1) is 15.6. The van der Waals surface area contributed by atoms with Gasteiger partial charge < -0.3 is 25.6 Å². The van der Waals surface area contributed by atoms with E-state index in [1.165, 1.54) is 18.0 Å². The number of nitrogen functional groups attached to an aromatic ring is 1. The minimum atomic E-state index is -4.63. The number of anilines is 3. The van der Waals surface area contributed by atoms with Gasteiger partial charge in [-0.15, -0.1) is 0 Å². The number of rotatable bonds is 3. The minimum Gasteiger partial charge on any atom is -0.481 e. The van der Waals surface area contributed by atoms with Gasteiger partial charge in [0.05, 0.1) is 36.6 Å². The highest BCUT2D eigenvalue weighted by atomic mass is 19.4. The van der Waals surface area contributed by atoms with Crippen LogP contribution in [0.3, 0.4) is 0 Å². The topological polar surface area (TPSA) is 127 Å². The zero-order valence-corrected chi connectivity index (χ0v) is 18.1. The molecule has 11 nitrogen and oxygen atoms in total. The highest BCUT2D eigenvalue weighted by Gasteiger charge is 2.48. The average Bonchev–Trinajstić information content (AvgIpc) is 3.14. The van der Waals surface area contributed by atoms with E-state index >= 15 is 0 Å². The van der Waals surface area contributed by atoms with Gasteiger partial charge in [-0.1, -0.05) is 0 Å². The SMILES string of the molecule is COc1ccc(NC(=O)N2CCN(c3nc(N)nc4c3cnn4C)C(C(F)(F)F)C2)c(C)n1. The number of aryl methyl sites for hydroxylation is 2. The number of urea groups is 1. The van der Waals surface area contributed by atoms with E-state index in [4.69, 9.17) is 10.5 Å². The maximum absolute atomic E-state index is 14.1. The first kappa shape index (κ1) is 22.4. The normalized spacial score (nSPS) is 16.8. The summed E-state index contributed by atoms with van der Waals surface area (Å²) in [6.45, 7) is 0.988. The predicted molar refractivity (Wildman–Crippen MR) is 114 cm³/mol. The summed E-state index contributed by atoms with van der Waals surface area (Å²) in [6, 6.07) is 0.481. The van der Waals surface area contributed by atoms with Crippen molar-refractivity contribution in [2.24, 2.45) is 7.05 Å². The van der Waals surface area contributed by atoms with E-state index < -0.39 is 24.8 Å². The van der Waals surface area contributed by atoms with Gasteiger partial charge in [0.2, 0.25) is 11.8 Å². The lowest BCUT2D eigenvalue weighted by Gasteiger charge is -2.42. The second-order valence-electron chi connectivity index (χ2n) is 7.52. The number of alkyl halides is 3. The highest BCUT2D eigenvalue weighted by Crippen LogP contribution is 2.34. The van der Waals surface area contributed by atoms with Crippen molar-refractivity contribution in [3.63, 3.8) is 0 Å².